The summed E-state index contributed by atoms with van der Waals surface area (Å²) >= 11 is 0. The standard InChI is InChI=1S/C15H20N2O3/c1-10-4-3-7-15(8-10,14(19)20)17-13(18)12-6-5-11(2)16-9-12/h5-6,9-10H,3-4,7-8H2,1-2H3,(H,17,18)(H,19,20). The zero-order valence-electron chi connectivity index (χ0n) is 11.8. The van der Waals surface area contributed by atoms with Crippen molar-refractivity contribution in [1.82, 2.24) is 10.3 Å². The van der Waals surface area contributed by atoms with Crippen molar-refractivity contribution in [2.75, 3.05) is 0 Å². The van der Waals surface area contributed by atoms with E-state index in [0.29, 0.717) is 24.3 Å². The summed E-state index contributed by atoms with van der Waals surface area (Å²) in [7, 11) is 0. The van der Waals surface area contributed by atoms with Crippen LogP contribution < -0.4 is 5.32 Å². The summed E-state index contributed by atoms with van der Waals surface area (Å²) in [5, 5.41) is 12.2. The second-order valence-electron chi connectivity index (χ2n) is 5.73. The third kappa shape index (κ3) is 2.98. The minimum Gasteiger partial charge on any atom is -0.480 e. The normalized spacial score (nSPS) is 26.0. The van der Waals surface area contributed by atoms with Crippen LogP contribution in [0, 0.1) is 12.8 Å². The molecule has 5 nitrogen and oxygen atoms in total. The summed E-state index contributed by atoms with van der Waals surface area (Å²) in [6.07, 6.45) is 4.27. The number of nitrogens with one attached hydrogen (secondary N) is 1. The Morgan fingerprint density at radius 3 is 2.75 bits per heavy atom. The van der Waals surface area contributed by atoms with Gasteiger partial charge in [0.15, 0.2) is 0 Å². The number of aliphatic carboxylic acids is 1. The number of carboxylic acid groups (broad SMARTS) is 1. The Hall–Kier alpha value is -1.91. The molecule has 1 heterocycles. The van der Waals surface area contributed by atoms with Gasteiger partial charge in [-0.1, -0.05) is 19.8 Å². The smallest absolute Gasteiger partial charge is 0.329 e. The Balaban J connectivity index is 2.18. The number of carbonyl (C=O) groups excluding carboxylic acids is 1. The zero-order chi connectivity index (χ0) is 14.8. The molecule has 0 aliphatic heterocycles. The fourth-order valence-electron chi connectivity index (χ4n) is 2.80. The minimum atomic E-state index is -1.14. The number of carbonyl (C=O) groups is 2. The van der Waals surface area contributed by atoms with E-state index < -0.39 is 11.5 Å². The molecule has 2 N–H and O–H groups in total. The van der Waals surface area contributed by atoms with Crippen LogP contribution in [0.25, 0.3) is 0 Å². The molecule has 2 unspecified atom stereocenters. The van der Waals surface area contributed by atoms with Gasteiger partial charge in [0, 0.05) is 11.9 Å². The highest BCUT2D eigenvalue weighted by Crippen LogP contribution is 2.32. The number of amides is 1. The maximum Gasteiger partial charge on any atom is 0.329 e. The predicted octanol–water partition coefficient (Wildman–Crippen LogP) is 2.15. The van der Waals surface area contributed by atoms with Gasteiger partial charge < -0.3 is 10.4 Å². The molecule has 1 aliphatic rings. The van der Waals surface area contributed by atoms with E-state index in [0.717, 1.165) is 18.5 Å². The Labute approximate surface area is 118 Å². The molecule has 5 heteroatoms. The van der Waals surface area contributed by atoms with Crippen LogP contribution in [0.2, 0.25) is 0 Å². The third-order valence-corrected chi connectivity index (χ3v) is 3.93. The van der Waals surface area contributed by atoms with Crippen LogP contribution in [0.5, 0.6) is 0 Å². The van der Waals surface area contributed by atoms with E-state index in [1.807, 2.05) is 13.8 Å². The number of pyridine rings is 1. The fourth-order valence-corrected chi connectivity index (χ4v) is 2.80. The molecule has 0 spiro atoms. The van der Waals surface area contributed by atoms with Gasteiger partial charge in [0.2, 0.25) is 0 Å². The highest BCUT2D eigenvalue weighted by atomic mass is 16.4. The molecule has 108 valence electrons. The summed E-state index contributed by atoms with van der Waals surface area (Å²) in [6, 6.07) is 3.41. The number of nitrogens with zero attached hydrogens (tertiary/aromatic N) is 1. The van der Waals surface area contributed by atoms with E-state index in [1.54, 1.807) is 12.1 Å². The average Bonchev–Trinajstić information content (AvgIpc) is 2.39. The largest absolute Gasteiger partial charge is 0.480 e. The maximum absolute atomic E-state index is 12.2. The molecule has 20 heavy (non-hydrogen) atoms. The minimum absolute atomic E-state index is 0.302. The van der Waals surface area contributed by atoms with E-state index in [2.05, 4.69) is 10.3 Å². The quantitative estimate of drug-likeness (QED) is 0.886. The molecule has 1 amide bonds. The summed E-state index contributed by atoms with van der Waals surface area (Å²) in [5.74, 6) is -1.01. The molecule has 1 aromatic heterocycles. The molecule has 0 radical (unpaired) electrons. The number of carboxylic acids is 1. The van der Waals surface area contributed by atoms with Gasteiger partial charge in [0.25, 0.3) is 5.91 Å². The fraction of sp³-hybridized carbons (Fsp3) is 0.533. The molecule has 0 aromatic carbocycles. The van der Waals surface area contributed by atoms with Crippen LogP contribution in [0.4, 0.5) is 0 Å². The summed E-state index contributed by atoms with van der Waals surface area (Å²) in [5.41, 5.74) is 0.0786. The zero-order valence-corrected chi connectivity index (χ0v) is 11.8. The van der Waals surface area contributed by atoms with E-state index >= 15 is 0 Å². The van der Waals surface area contributed by atoms with Crippen molar-refractivity contribution in [3.05, 3.63) is 29.6 Å². The van der Waals surface area contributed by atoms with Gasteiger partial charge in [0.1, 0.15) is 5.54 Å². The molecular weight excluding hydrogens is 256 g/mol. The first kappa shape index (κ1) is 14.5. The number of hydrogen-bond acceptors (Lipinski definition) is 3. The number of hydrogen-bond donors (Lipinski definition) is 2. The van der Waals surface area contributed by atoms with Crippen LogP contribution in [0.1, 0.15) is 48.7 Å². The van der Waals surface area contributed by atoms with Crippen molar-refractivity contribution in [2.45, 2.75) is 45.1 Å². The molecular formula is C15H20N2O3. The Bertz CT molecular complexity index is 512. The van der Waals surface area contributed by atoms with E-state index in [4.69, 9.17) is 0 Å². The SMILES string of the molecule is Cc1ccc(C(=O)NC2(C(=O)O)CCCC(C)C2)cn1. The second-order valence-corrected chi connectivity index (χ2v) is 5.73. The highest BCUT2D eigenvalue weighted by Gasteiger charge is 2.43. The molecule has 1 aliphatic carbocycles. The summed E-state index contributed by atoms with van der Waals surface area (Å²) in [4.78, 5) is 27.9. The van der Waals surface area contributed by atoms with Gasteiger partial charge in [-0.3, -0.25) is 9.78 Å². The molecule has 1 aromatic rings. The molecule has 1 saturated carbocycles. The maximum atomic E-state index is 12.2. The average molecular weight is 276 g/mol. The van der Waals surface area contributed by atoms with E-state index in [9.17, 15) is 14.7 Å². The molecule has 2 atom stereocenters. The third-order valence-electron chi connectivity index (χ3n) is 3.93. The van der Waals surface area contributed by atoms with E-state index in [-0.39, 0.29) is 5.91 Å². The second kappa shape index (κ2) is 5.61. The summed E-state index contributed by atoms with van der Waals surface area (Å²) in [6.45, 7) is 3.86. The molecule has 0 bridgehead atoms. The first-order valence-corrected chi connectivity index (χ1v) is 6.91. The van der Waals surface area contributed by atoms with Crippen molar-refractivity contribution in [3.63, 3.8) is 0 Å². The van der Waals surface area contributed by atoms with Gasteiger partial charge >= 0.3 is 5.97 Å². The van der Waals surface area contributed by atoms with Crippen molar-refractivity contribution in [3.8, 4) is 0 Å². The number of aromatic nitrogens is 1. The highest BCUT2D eigenvalue weighted by molar-refractivity contribution is 5.97. The van der Waals surface area contributed by atoms with Crippen LogP contribution in [0.15, 0.2) is 18.3 Å². The van der Waals surface area contributed by atoms with Crippen LogP contribution in [-0.4, -0.2) is 27.5 Å². The van der Waals surface area contributed by atoms with Gasteiger partial charge in [-0.25, -0.2) is 4.79 Å². The van der Waals surface area contributed by atoms with Crippen molar-refractivity contribution in [1.29, 1.82) is 0 Å². The number of rotatable bonds is 3. The van der Waals surface area contributed by atoms with E-state index in [1.165, 1.54) is 6.20 Å². The van der Waals surface area contributed by atoms with Gasteiger partial charge in [-0.15, -0.1) is 0 Å². The predicted molar refractivity (Wildman–Crippen MR) is 74.4 cm³/mol. The number of aryl methyl sites for hydroxylation is 1. The summed E-state index contributed by atoms with van der Waals surface area (Å²) < 4.78 is 0. The van der Waals surface area contributed by atoms with Crippen LogP contribution in [0.3, 0.4) is 0 Å². The van der Waals surface area contributed by atoms with Crippen LogP contribution >= 0.6 is 0 Å². The lowest BCUT2D eigenvalue weighted by Crippen LogP contribution is -2.56. The topological polar surface area (TPSA) is 79.3 Å². The first-order chi connectivity index (χ1) is 9.43. The van der Waals surface area contributed by atoms with Crippen molar-refractivity contribution < 1.29 is 14.7 Å². The lowest BCUT2D eigenvalue weighted by Gasteiger charge is -2.37. The Morgan fingerprint density at radius 1 is 1.45 bits per heavy atom. The first-order valence-electron chi connectivity index (χ1n) is 6.91. The molecule has 2 rings (SSSR count). The van der Waals surface area contributed by atoms with Crippen molar-refractivity contribution in [2.24, 2.45) is 5.92 Å². The van der Waals surface area contributed by atoms with Gasteiger partial charge in [-0.05, 0) is 37.8 Å². The van der Waals surface area contributed by atoms with Gasteiger partial charge in [0.05, 0.1) is 5.56 Å². The monoisotopic (exact) mass is 276 g/mol. The van der Waals surface area contributed by atoms with Crippen LogP contribution in [-0.2, 0) is 4.79 Å². The Kier molecular flexibility index (Phi) is 4.06. The van der Waals surface area contributed by atoms with Gasteiger partial charge in [-0.2, -0.15) is 0 Å². The lowest BCUT2D eigenvalue weighted by atomic mass is 9.76. The Morgan fingerprint density at radius 2 is 2.20 bits per heavy atom. The van der Waals surface area contributed by atoms with Crippen molar-refractivity contribution >= 4 is 11.9 Å². The lowest BCUT2D eigenvalue weighted by molar-refractivity contribution is -0.146. The molecule has 1 fully saturated rings. The molecule has 0 saturated heterocycles.